The van der Waals surface area contributed by atoms with Gasteiger partial charge in [0, 0.05) is 19.3 Å². The van der Waals surface area contributed by atoms with E-state index in [1.807, 2.05) is 0 Å². The van der Waals surface area contributed by atoms with Crippen LogP contribution in [0.4, 0.5) is 0 Å². The second kappa shape index (κ2) is 69.0. The van der Waals surface area contributed by atoms with Crippen molar-refractivity contribution in [2.75, 3.05) is 13.2 Å². The first-order valence-corrected chi connectivity index (χ1v) is 33.3. The minimum atomic E-state index is -0.841. The second-order valence-electron chi connectivity index (χ2n) is 21.2. The number of esters is 3. The molecule has 1 unspecified atom stereocenters. The molecule has 0 aromatic heterocycles. The highest BCUT2D eigenvalue weighted by atomic mass is 16.6. The largest absolute Gasteiger partial charge is 0.462 e. The van der Waals surface area contributed by atoms with Gasteiger partial charge in [0.05, 0.1) is 0 Å². The lowest BCUT2D eigenvalue weighted by molar-refractivity contribution is -0.167. The van der Waals surface area contributed by atoms with E-state index in [1.165, 1.54) is 83.5 Å². The highest BCUT2D eigenvalue weighted by Crippen LogP contribution is 2.15. The maximum atomic E-state index is 12.9. The van der Waals surface area contributed by atoms with Crippen molar-refractivity contribution in [3.63, 3.8) is 0 Å². The molecule has 0 aliphatic heterocycles. The maximum Gasteiger partial charge on any atom is 0.306 e. The molecule has 0 bridgehead atoms. The Morgan fingerprint density at radius 2 is 0.446 bits per heavy atom. The number of carbonyl (C=O) groups excluding carboxylic acids is 3. The van der Waals surface area contributed by atoms with E-state index in [0.29, 0.717) is 19.3 Å². The van der Waals surface area contributed by atoms with Gasteiger partial charge in [0.2, 0.25) is 0 Å². The van der Waals surface area contributed by atoms with Gasteiger partial charge in [-0.25, -0.2) is 0 Å². The first kappa shape index (κ1) is 77.5. The van der Waals surface area contributed by atoms with Crippen LogP contribution in [0, 0.1) is 0 Å². The predicted molar refractivity (Wildman–Crippen MR) is 361 cm³/mol. The molecule has 6 heteroatoms. The lowest BCUT2D eigenvalue weighted by Crippen LogP contribution is -2.30. The molecule has 83 heavy (non-hydrogen) atoms. The van der Waals surface area contributed by atoms with Crippen molar-refractivity contribution in [1.82, 2.24) is 0 Å². The molecule has 0 radical (unpaired) electrons. The third kappa shape index (κ3) is 67.2. The van der Waals surface area contributed by atoms with E-state index in [2.05, 4.69) is 203 Å². The molecule has 0 spiro atoms. The Hall–Kier alpha value is -5.49. The SMILES string of the molecule is CC/C=C\C/C=C\C/C=C\C/C=C\C/C=C\CCCCCCCCCCCCCCCCCC(=O)OCC(COC(=O)CCC/C=C\C/C=C\C/C=C\C/C=C\C/C=C\CC)OC(=O)CCC/C=C\C/C=C\C/C=C\C/C=C\C/C=C\CC. The van der Waals surface area contributed by atoms with Crippen molar-refractivity contribution < 1.29 is 28.6 Å². The molecule has 0 rings (SSSR count). The second-order valence-corrected chi connectivity index (χ2v) is 21.2. The van der Waals surface area contributed by atoms with Crippen LogP contribution >= 0.6 is 0 Å². The summed E-state index contributed by atoms with van der Waals surface area (Å²) in [5.41, 5.74) is 0. The van der Waals surface area contributed by atoms with Crippen LogP contribution < -0.4 is 0 Å². The Morgan fingerprint density at radius 3 is 0.723 bits per heavy atom. The van der Waals surface area contributed by atoms with Crippen LogP contribution in [0.2, 0.25) is 0 Å². The number of hydrogen-bond acceptors (Lipinski definition) is 6. The van der Waals surface area contributed by atoms with Crippen LogP contribution in [-0.2, 0) is 28.6 Å². The van der Waals surface area contributed by atoms with Crippen LogP contribution in [0.5, 0.6) is 0 Å². The third-order valence-corrected chi connectivity index (χ3v) is 13.4. The van der Waals surface area contributed by atoms with Gasteiger partial charge in [-0.2, -0.15) is 0 Å². The standard InChI is InChI=1S/C77H120O6/c1-4-7-10-13-16-19-22-25-28-31-32-33-34-35-36-37-38-39-40-41-42-43-44-47-49-52-55-58-61-64-67-70-76(79)82-73-74(83-77(80)71-68-65-62-59-56-53-50-46-30-27-24-21-18-15-12-9-6-3)72-81-75(78)69-66-63-60-57-54-51-48-45-29-26-23-20-17-14-11-8-5-2/h7-12,16-21,25-30,32-33,35-36,48,50-51,53,57,59-60,62,74H,4-6,13-15,22-24,31,34,37-47,49,52,54-56,58,61,63-73H2,1-3H3/b10-7-,11-8-,12-9-,19-16-,20-17-,21-18-,28-25-,29-26-,30-27-,33-32-,36-35-,51-48-,53-50-,60-57-,62-59-. The normalized spacial score (nSPS) is 13.3. The highest BCUT2D eigenvalue weighted by molar-refractivity contribution is 5.71. The summed E-state index contributed by atoms with van der Waals surface area (Å²) in [4.78, 5) is 38.3. The fraction of sp³-hybridized carbons (Fsp3) is 0.571. The number of allylic oxidation sites excluding steroid dienone is 30. The maximum absolute atomic E-state index is 12.9. The molecule has 0 amide bonds. The molecule has 0 aliphatic rings. The minimum Gasteiger partial charge on any atom is -0.462 e. The van der Waals surface area contributed by atoms with Crippen LogP contribution in [0.1, 0.15) is 265 Å². The quantitative estimate of drug-likeness (QED) is 0.0261. The van der Waals surface area contributed by atoms with Crippen LogP contribution in [-0.4, -0.2) is 37.2 Å². The van der Waals surface area contributed by atoms with Crippen molar-refractivity contribution in [3.8, 4) is 0 Å². The van der Waals surface area contributed by atoms with E-state index in [4.69, 9.17) is 14.2 Å². The zero-order valence-electron chi connectivity index (χ0n) is 53.1. The molecule has 6 nitrogen and oxygen atoms in total. The van der Waals surface area contributed by atoms with Gasteiger partial charge in [-0.15, -0.1) is 0 Å². The molecule has 0 aromatic rings. The molecule has 0 N–H and O–H groups in total. The summed E-state index contributed by atoms with van der Waals surface area (Å²) in [6.07, 6.45) is 104. The zero-order valence-corrected chi connectivity index (χ0v) is 53.1. The van der Waals surface area contributed by atoms with E-state index in [-0.39, 0.29) is 44.0 Å². The molecule has 0 aromatic carbocycles. The van der Waals surface area contributed by atoms with Crippen LogP contribution in [0.3, 0.4) is 0 Å². The fourth-order valence-electron chi connectivity index (χ4n) is 8.54. The zero-order chi connectivity index (χ0) is 59.9. The molecule has 464 valence electrons. The molecule has 1 atom stereocenters. The van der Waals surface area contributed by atoms with E-state index in [9.17, 15) is 14.4 Å². The van der Waals surface area contributed by atoms with Crippen molar-refractivity contribution in [2.24, 2.45) is 0 Å². The molecule has 0 aliphatic carbocycles. The Balaban J connectivity index is 4.40. The smallest absolute Gasteiger partial charge is 0.306 e. The van der Waals surface area contributed by atoms with Gasteiger partial charge in [-0.3, -0.25) is 14.4 Å². The van der Waals surface area contributed by atoms with E-state index < -0.39 is 6.10 Å². The highest BCUT2D eigenvalue weighted by Gasteiger charge is 2.19. The lowest BCUT2D eigenvalue weighted by Gasteiger charge is -2.18. The lowest BCUT2D eigenvalue weighted by atomic mass is 10.0. The van der Waals surface area contributed by atoms with Crippen molar-refractivity contribution in [2.45, 2.75) is 271 Å². The van der Waals surface area contributed by atoms with Gasteiger partial charge < -0.3 is 14.2 Å². The average molecular weight is 1140 g/mol. The molecule has 0 saturated carbocycles. The Kier molecular flexibility index (Phi) is 64.4. The predicted octanol–water partition coefficient (Wildman–Crippen LogP) is 23.2. The monoisotopic (exact) mass is 1140 g/mol. The van der Waals surface area contributed by atoms with E-state index >= 15 is 0 Å². The summed E-state index contributed by atoms with van der Waals surface area (Å²) in [6.45, 7) is 6.20. The Labute approximate surface area is 510 Å². The molecule has 0 fully saturated rings. The van der Waals surface area contributed by atoms with Crippen molar-refractivity contribution in [1.29, 1.82) is 0 Å². The van der Waals surface area contributed by atoms with Crippen molar-refractivity contribution >= 4 is 17.9 Å². The summed E-state index contributed by atoms with van der Waals surface area (Å²) in [5.74, 6) is -1.05. The van der Waals surface area contributed by atoms with Crippen molar-refractivity contribution in [3.05, 3.63) is 182 Å². The van der Waals surface area contributed by atoms with Gasteiger partial charge in [0.25, 0.3) is 0 Å². The summed E-state index contributed by atoms with van der Waals surface area (Å²) in [7, 11) is 0. The fourth-order valence-corrected chi connectivity index (χ4v) is 8.54. The van der Waals surface area contributed by atoms with Crippen LogP contribution in [0.15, 0.2) is 182 Å². The Morgan fingerprint density at radius 1 is 0.241 bits per heavy atom. The van der Waals surface area contributed by atoms with Gasteiger partial charge >= 0.3 is 17.9 Å². The van der Waals surface area contributed by atoms with E-state index in [1.54, 1.807) is 0 Å². The van der Waals surface area contributed by atoms with Gasteiger partial charge in [0.15, 0.2) is 6.10 Å². The number of ether oxygens (including phenoxy) is 3. The summed E-state index contributed by atoms with van der Waals surface area (Å²) in [6, 6.07) is 0. The molecule has 0 saturated heterocycles. The number of carbonyl (C=O) groups is 3. The molecular formula is C77H120O6. The molecule has 0 heterocycles. The number of unbranched alkanes of at least 4 members (excludes halogenated alkanes) is 17. The summed E-state index contributed by atoms with van der Waals surface area (Å²) < 4.78 is 16.8. The number of hydrogen-bond donors (Lipinski definition) is 0. The van der Waals surface area contributed by atoms with Gasteiger partial charge in [0.1, 0.15) is 13.2 Å². The summed E-state index contributed by atoms with van der Waals surface area (Å²) >= 11 is 0. The molecular weight excluding hydrogens is 1020 g/mol. The minimum absolute atomic E-state index is 0.126. The van der Waals surface area contributed by atoms with E-state index in [0.717, 1.165) is 128 Å². The Bertz CT molecular complexity index is 1940. The first-order chi connectivity index (χ1) is 41.0. The number of rotatable bonds is 58. The topological polar surface area (TPSA) is 78.9 Å². The third-order valence-electron chi connectivity index (χ3n) is 13.4. The van der Waals surface area contributed by atoms with Gasteiger partial charge in [-0.1, -0.05) is 287 Å². The van der Waals surface area contributed by atoms with Gasteiger partial charge in [-0.05, 0) is 141 Å². The first-order valence-electron chi connectivity index (χ1n) is 33.3. The van der Waals surface area contributed by atoms with Crippen LogP contribution in [0.25, 0.3) is 0 Å². The summed E-state index contributed by atoms with van der Waals surface area (Å²) in [5, 5.41) is 0. The average Bonchev–Trinajstić information content (AvgIpc) is 3.49.